The number of anilines is 1. The first-order valence-electron chi connectivity index (χ1n) is 10.1. The van der Waals surface area contributed by atoms with Crippen molar-refractivity contribution in [3.05, 3.63) is 78.1 Å². The van der Waals surface area contributed by atoms with Gasteiger partial charge in [-0.2, -0.15) is 5.10 Å². The molecule has 0 saturated carbocycles. The fourth-order valence-electron chi connectivity index (χ4n) is 4.08. The highest BCUT2D eigenvalue weighted by Crippen LogP contribution is 2.35. The maximum atomic E-state index is 12.4. The summed E-state index contributed by atoms with van der Waals surface area (Å²) >= 11 is 1.45. The van der Waals surface area contributed by atoms with Gasteiger partial charge in [-0.1, -0.05) is 60.3 Å². The van der Waals surface area contributed by atoms with E-state index >= 15 is 0 Å². The Labute approximate surface area is 180 Å². The molecular weight excluding hydrogens is 396 g/mol. The van der Waals surface area contributed by atoms with Crippen LogP contribution >= 0.6 is 11.8 Å². The van der Waals surface area contributed by atoms with Gasteiger partial charge in [0.15, 0.2) is 5.17 Å². The monoisotopic (exact) mass is 420 g/mol. The largest absolute Gasteiger partial charge is 0.325 e. The summed E-state index contributed by atoms with van der Waals surface area (Å²) in [5.41, 5.74) is 10.0. The van der Waals surface area contributed by atoms with Crippen LogP contribution in [0, 0.1) is 6.92 Å². The van der Waals surface area contributed by atoms with Gasteiger partial charge in [-0.3, -0.25) is 10.2 Å². The van der Waals surface area contributed by atoms with Crippen LogP contribution in [0.25, 0.3) is 0 Å². The Morgan fingerprint density at radius 3 is 2.80 bits per heavy atom. The molecule has 30 heavy (non-hydrogen) atoms. The van der Waals surface area contributed by atoms with Gasteiger partial charge < -0.3 is 15.2 Å². The number of hydrazone groups is 1. The SMILES string of the molecule is Cc1ccccc1NC(=O)CSC1=NNC2C3CC(c4ccccc4)NN3C=CN12. The molecule has 2 aromatic carbocycles. The van der Waals surface area contributed by atoms with E-state index in [9.17, 15) is 4.79 Å². The van der Waals surface area contributed by atoms with Crippen molar-refractivity contribution in [2.75, 3.05) is 11.1 Å². The Morgan fingerprint density at radius 1 is 1.17 bits per heavy atom. The number of benzene rings is 2. The Morgan fingerprint density at radius 2 is 1.97 bits per heavy atom. The molecule has 1 fully saturated rings. The van der Waals surface area contributed by atoms with Crippen LogP contribution < -0.4 is 16.2 Å². The summed E-state index contributed by atoms with van der Waals surface area (Å²) in [6.45, 7) is 1.99. The number of fused-ring (bicyclic) bond motifs is 3. The molecule has 3 atom stereocenters. The van der Waals surface area contributed by atoms with E-state index in [-0.39, 0.29) is 24.2 Å². The lowest BCUT2D eigenvalue weighted by atomic mass is 10.00. The second-order valence-electron chi connectivity index (χ2n) is 7.63. The Hall–Kier alpha value is -2.97. The van der Waals surface area contributed by atoms with Crippen LogP contribution in [0.4, 0.5) is 5.69 Å². The molecule has 3 unspecified atom stereocenters. The van der Waals surface area contributed by atoms with E-state index in [2.05, 4.69) is 61.6 Å². The molecule has 0 spiro atoms. The zero-order chi connectivity index (χ0) is 20.5. The molecule has 1 saturated heterocycles. The normalized spacial score (nSPS) is 24.2. The van der Waals surface area contributed by atoms with Gasteiger partial charge in [-0.25, -0.2) is 5.43 Å². The van der Waals surface area contributed by atoms with Crippen molar-refractivity contribution >= 4 is 28.5 Å². The molecule has 1 amide bonds. The second kappa shape index (κ2) is 8.04. The van der Waals surface area contributed by atoms with Crippen molar-refractivity contribution in [1.82, 2.24) is 20.8 Å². The molecule has 154 valence electrons. The first kappa shape index (κ1) is 19.0. The van der Waals surface area contributed by atoms with Crippen molar-refractivity contribution in [2.45, 2.75) is 31.6 Å². The smallest absolute Gasteiger partial charge is 0.234 e. The summed E-state index contributed by atoms with van der Waals surface area (Å²) in [4.78, 5) is 14.5. The number of hydrazine groups is 1. The standard InChI is InChI=1S/C22H24N6OS/c1-15-7-5-6-10-17(15)23-20(29)14-30-22-25-24-21-19-13-18(16-8-3-2-4-9-16)26-28(19)12-11-27(21)22/h2-12,18-19,21,24,26H,13-14H2,1H3,(H,23,29). The van der Waals surface area contributed by atoms with E-state index < -0.39 is 0 Å². The number of para-hydroxylation sites is 1. The summed E-state index contributed by atoms with van der Waals surface area (Å²) in [6, 6.07) is 18.8. The second-order valence-corrected chi connectivity index (χ2v) is 8.57. The first-order valence-corrected chi connectivity index (χ1v) is 11.1. The van der Waals surface area contributed by atoms with Crippen LogP contribution in [-0.2, 0) is 4.79 Å². The topological polar surface area (TPSA) is 72.0 Å². The minimum absolute atomic E-state index is 0.0326. The lowest BCUT2D eigenvalue weighted by Crippen LogP contribution is -2.54. The van der Waals surface area contributed by atoms with Gasteiger partial charge in [0.05, 0.1) is 17.8 Å². The molecule has 3 N–H and O–H groups in total. The third-order valence-electron chi connectivity index (χ3n) is 5.66. The van der Waals surface area contributed by atoms with E-state index in [0.29, 0.717) is 5.75 Å². The van der Waals surface area contributed by atoms with E-state index in [1.165, 1.54) is 17.3 Å². The summed E-state index contributed by atoms with van der Waals surface area (Å²) in [6.07, 6.45) is 5.11. The van der Waals surface area contributed by atoms with Crippen molar-refractivity contribution in [1.29, 1.82) is 0 Å². The molecule has 5 rings (SSSR count). The molecule has 0 bridgehead atoms. The number of amidine groups is 1. The van der Waals surface area contributed by atoms with Crippen LogP contribution in [-0.4, -0.2) is 38.9 Å². The van der Waals surface area contributed by atoms with Gasteiger partial charge >= 0.3 is 0 Å². The molecule has 8 heteroatoms. The number of hydrogen-bond donors (Lipinski definition) is 3. The van der Waals surface area contributed by atoms with Gasteiger partial charge in [0.2, 0.25) is 5.91 Å². The molecule has 2 aromatic rings. The zero-order valence-electron chi connectivity index (χ0n) is 16.7. The molecule has 7 nitrogen and oxygen atoms in total. The predicted octanol–water partition coefficient (Wildman–Crippen LogP) is 2.97. The van der Waals surface area contributed by atoms with Gasteiger partial charge in [0, 0.05) is 18.1 Å². The highest BCUT2D eigenvalue weighted by Gasteiger charge is 2.44. The van der Waals surface area contributed by atoms with Crippen LogP contribution in [0.3, 0.4) is 0 Å². The lowest BCUT2D eigenvalue weighted by Gasteiger charge is -2.36. The molecule has 3 aliphatic heterocycles. The van der Waals surface area contributed by atoms with Crippen LogP contribution in [0.1, 0.15) is 23.6 Å². The zero-order valence-corrected chi connectivity index (χ0v) is 17.5. The maximum Gasteiger partial charge on any atom is 0.234 e. The van der Waals surface area contributed by atoms with Crippen LogP contribution in [0.15, 0.2) is 72.1 Å². The summed E-state index contributed by atoms with van der Waals surface area (Å²) in [5, 5.41) is 10.5. The van der Waals surface area contributed by atoms with Crippen molar-refractivity contribution < 1.29 is 4.79 Å². The highest BCUT2D eigenvalue weighted by molar-refractivity contribution is 8.14. The fourth-order valence-corrected chi connectivity index (χ4v) is 4.86. The molecule has 0 aliphatic carbocycles. The lowest BCUT2D eigenvalue weighted by molar-refractivity contribution is -0.113. The van der Waals surface area contributed by atoms with Crippen LogP contribution in [0.2, 0.25) is 0 Å². The number of hydrogen-bond acceptors (Lipinski definition) is 7. The van der Waals surface area contributed by atoms with Crippen molar-refractivity contribution in [2.24, 2.45) is 5.10 Å². The number of amides is 1. The third kappa shape index (κ3) is 3.64. The number of carbonyl (C=O) groups excluding carboxylic acids is 1. The van der Waals surface area contributed by atoms with Gasteiger partial charge in [0.1, 0.15) is 6.17 Å². The Bertz CT molecular complexity index is 994. The highest BCUT2D eigenvalue weighted by atomic mass is 32.2. The number of rotatable bonds is 4. The van der Waals surface area contributed by atoms with E-state index in [1.807, 2.05) is 43.5 Å². The summed E-state index contributed by atoms with van der Waals surface area (Å²) < 4.78 is 0. The number of nitrogens with one attached hydrogen (secondary N) is 3. The average molecular weight is 421 g/mol. The quantitative estimate of drug-likeness (QED) is 0.706. The number of carbonyl (C=O) groups is 1. The summed E-state index contributed by atoms with van der Waals surface area (Å²) in [7, 11) is 0. The Balaban J connectivity index is 1.19. The summed E-state index contributed by atoms with van der Waals surface area (Å²) in [5.74, 6) is 0.278. The number of thioether (sulfide) groups is 1. The molecule has 3 aliphatic rings. The molecule has 0 radical (unpaired) electrons. The number of aryl methyl sites for hydroxylation is 1. The van der Waals surface area contributed by atoms with Crippen molar-refractivity contribution in [3.63, 3.8) is 0 Å². The van der Waals surface area contributed by atoms with E-state index in [0.717, 1.165) is 22.8 Å². The predicted molar refractivity (Wildman–Crippen MR) is 120 cm³/mol. The molecular formula is C22H24N6OS. The van der Waals surface area contributed by atoms with Gasteiger partial charge in [-0.05, 0) is 30.5 Å². The maximum absolute atomic E-state index is 12.4. The number of nitrogens with zero attached hydrogens (tertiary/aromatic N) is 3. The average Bonchev–Trinajstić information content (AvgIpc) is 3.38. The minimum atomic E-state index is -0.0326. The van der Waals surface area contributed by atoms with Gasteiger partial charge in [0.25, 0.3) is 0 Å². The van der Waals surface area contributed by atoms with Crippen LogP contribution in [0.5, 0.6) is 0 Å². The van der Waals surface area contributed by atoms with Gasteiger partial charge in [-0.15, -0.1) is 0 Å². The molecule has 0 aromatic heterocycles. The van der Waals surface area contributed by atoms with Crippen molar-refractivity contribution in [3.8, 4) is 0 Å². The molecule has 3 heterocycles. The van der Waals surface area contributed by atoms with E-state index in [1.54, 1.807) is 0 Å². The fraction of sp³-hybridized carbons (Fsp3) is 0.273. The first-order chi connectivity index (χ1) is 14.7. The Kier molecular flexibility index (Phi) is 5.10. The van der Waals surface area contributed by atoms with E-state index in [4.69, 9.17) is 0 Å². The third-order valence-corrected chi connectivity index (χ3v) is 6.63. The minimum Gasteiger partial charge on any atom is -0.325 e.